The molecule has 0 unspecified atom stereocenters. The predicted molar refractivity (Wildman–Crippen MR) is 151 cm³/mol. The van der Waals surface area contributed by atoms with Gasteiger partial charge in [-0.2, -0.15) is 0 Å². The average molecular weight is 527 g/mol. The number of allylic oxidation sites excluding steroid dienone is 1. The Balaban J connectivity index is 1.49. The van der Waals surface area contributed by atoms with Crippen molar-refractivity contribution in [1.82, 2.24) is 0 Å². The Bertz CT molecular complexity index is 998. The standard InChI is InChI=1S/C34H54O4/c1-21(2)24-12-17-34(20-37-22(3)35)19-18-32(8)25(29(24)34)10-11-27-31(7)15-14-28(38-23(4)36)30(5,6)26(31)13-16-33(27,32)9/h24-29H,1,10-20H2,2-9H3/t24-,25+,26-,27-,28-,29-,31-,32+,33+,34+/m0/s1. The summed E-state index contributed by atoms with van der Waals surface area (Å²) in [6.07, 6.45) is 12.0. The van der Waals surface area contributed by atoms with Gasteiger partial charge in [0.15, 0.2) is 0 Å². The Morgan fingerprint density at radius 1 is 0.763 bits per heavy atom. The summed E-state index contributed by atoms with van der Waals surface area (Å²) >= 11 is 0. The Morgan fingerprint density at radius 3 is 2.11 bits per heavy atom. The third-order valence-electron chi connectivity index (χ3n) is 14.0. The van der Waals surface area contributed by atoms with E-state index < -0.39 is 0 Å². The van der Waals surface area contributed by atoms with Crippen LogP contribution in [-0.4, -0.2) is 24.6 Å². The minimum atomic E-state index is -0.140. The molecule has 5 aliphatic rings. The topological polar surface area (TPSA) is 52.6 Å². The number of carbonyl (C=O) groups is 2. The molecule has 4 nitrogen and oxygen atoms in total. The van der Waals surface area contributed by atoms with Gasteiger partial charge in [-0.05, 0) is 117 Å². The van der Waals surface area contributed by atoms with Crippen molar-refractivity contribution in [1.29, 1.82) is 0 Å². The van der Waals surface area contributed by atoms with E-state index in [-0.39, 0.29) is 39.7 Å². The molecule has 4 heteroatoms. The second-order valence-electron chi connectivity index (χ2n) is 15.8. The summed E-state index contributed by atoms with van der Waals surface area (Å²) in [4.78, 5) is 23.8. The molecule has 0 bridgehead atoms. The number of ether oxygens (including phenoxy) is 2. The molecule has 0 aromatic carbocycles. The van der Waals surface area contributed by atoms with E-state index in [2.05, 4.69) is 48.1 Å². The number of hydrogen-bond acceptors (Lipinski definition) is 4. The van der Waals surface area contributed by atoms with Crippen LogP contribution in [0.4, 0.5) is 0 Å². The quantitative estimate of drug-likeness (QED) is 0.274. The molecule has 0 radical (unpaired) electrons. The molecule has 5 aliphatic carbocycles. The molecule has 0 heterocycles. The maximum atomic E-state index is 11.9. The predicted octanol–water partition coefficient (Wildman–Crippen LogP) is 8.14. The molecule has 0 aliphatic heterocycles. The van der Waals surface area contributed by atoms with E-state index in [9.17, 15) is 9.59 Å². The van der Waals surface area contributed by atoms with Crippen molar-refractivity contribution in [2.24, 2.45) is 56.7 Å². The molecular weight excluding hydrogens is 472 g/mol. The van der Waals surface area contributed by atoms with Gasteiger partial charge >= 0.3 is 11.9 Å². The van der Waals surface area contributed by atoms with Gasteiger partial charge in [0.25, 0.3) is 0 Å². The highest BCUT2D eigenvalue weighted by atomic mass is 16.5. The zero-order valence-corrected chi connectivity index (χ0v) is 25.6. The van der Waals surface area contributed by atoms with Gasteiger partial charge in [0, 0.05) is 24.7 Å². The number of rotatable bonds is 4. The first-order valence-electron chi connectivity index (χ1n) is 15.6. The lowest BCUT2D eigenvalue weighted by molar-refractivity contribution is -0.252. The Morgan fingerprint density at radius 2 is 1.47 bits per heavy atom. The van der Waals surface area contributed by atoms with Gasteiger partial charge in [0.05, 0.1) is 6.61 Å². The number of fused-ring (bicyclic) bond motifs is 7. The second-order valence-corrected chi connectivity index (χ2v) is 15.8. The van der Waals surface area contributed by atoms with Gasteiger partial charge in [-0.15, -0.1) is 0 Å². The minimum Gasteiger partial charge on any atom is -0.465 e. The molecular formula is C34H54O4. The van der Waals surface area contributed by atoms with E-state index in [1.54, 1.807) is 13.8 Å². The van der Waals surface area contributed by atoms with E-state index in [1.807, 2.05) is 0 Å². The van der Waals surface area contributed by atoms with Crippen LogP contribution in [0.2, 0.25) is 0 Å². The fourth-order valence-corrected chi connectivity index (χ4v) is 12.2. The summed E-state index contributed by atoms with van der Waals surface area (Å²) < 4.78 is 11.7. The van der Waals surface area contributed by atoms with E-state index in [1.165, 1.54) is 56.9 Å². The van der Waals surface area contributed by atoms with Gasteiger partial charge in [-0.1, -0.05) is 46.8 Å². The summed E-state index contributed by atoms with van der Waals surface area (Å²) in [5.74, 6) is 2.76. The van der Waals surface area contributed by atoms with Crippen molar-refractivity contribution < 1.29 is 19.1 Å². The molecule has 0 spiro atoms. The van der Waals surface area contributed by atoms with E-state index in [0.29, 0.717) is 41.6 Å². The van der Waals surface area contributed by atoms with Crippen LogP contribution in [0.1, 0.15) is 120 Å². The molecule has 0 N–H and O–H groups in total. The molecule has 0 aromatic heterocycles. The van der Waals surface area contributed by atoms with Crippen molar-refractivity contribution in [3.8, 4) is 0 Å². The highest BCUT2D eigenvalue weighted by molar-refractivity contribution is 5.66. The molecule has 0 aromatic rings. The average Bonchev–Trinajstić information content (AvgIpc) is 3.20. The Hall–Kier alpha value is -1.32. The number of hydrogen-bond donors (Lipinski definition) is 0. The Labute approximate surface area is 232 Å². The van der Waals surface area contributed by atoms with Crippen LogP contribution < -0.4 is 0 Å². The van der Waals surface area contributed by atoms with E-state index in [0.717, 1.165) is 12.8 Å². The second kappa shape index (κ2) is 9.10. The van der Waals surface area contributed by atoms with Crippen molar-refractivity contribution in [3.63, 3.8) is 0 Å². The third-order valence-corrected chi connectivity index (χ3v) is 14.0. The minimum absolute atomic E-state index is 0.00000109. The first kappa shape index (κ1) is 28.2. The highest BCUT2D eigenvalue weighted by Gasteiger charge is 2.71. The van der Waals surface area contributed by atoms with E-state index in [4.69, 9.17) is 9.47 Å². The summed E-state index contributed by atoms with van der Waals surface area (Å²) in [5.41, 5.74) is 2.30. The van der Waals surface area contributed by atoms with Gasteiger partial charge in [0.2, 0.25) is 0 Å². The van der Waals surface area contributed by atoms with E-state index >= 15 is 0 Å². The summed E-state index contributed by atoms with van der Waals surface area (Å²) in [6, 6.07) is 0. The number of carbonyl (C=O) groups excluding carboxylic acids is 2. The lowest BCUT2D eigenvalue weighted by Gasteiger charge is -2.73. The van der Waals surface area contributed by atoms with Crippen LogP contribution in [-0.2, 0) is 19.1 Å². The molecule has 214 valence electrons. The lowest BCUT2D eigenvalue weighted by Crippen LogP contribution is -2.67. The first-order valence-corrected chi connectivity index (χ1v) is 15.6. The molecule has 5 saturated carbocycles. The third kappa shape index (κ3) is 3.80. The summed E-state index contributed by atoms with van der Waals surface area (Å²) in [7, 11) is 0. The van der Waals surface area contributed by atoms with Crippen LogP contribution in [0.3, 0.4) is 0 Å². The Kier molecular flexibility index (Phi) is 6.76. The fraction of sp³-hybridized carbons (Fsp3) is 0.882. The van der Waals surface area contributed by atoms with Gasteiger partial charge in [-0.3, -0.25) is 9.59 Å². The normalized spacial score (nSPS) is 49.1. The first-order chi connectivity index (χ1) is 17.6. The maximum absolute atomic E-state index is 11.9. The van der Waals surface area contributed by atoms with Crippen LogP contribution in [0, 0.1) is 56.7 Å². The zero-order valence-electron chi connectivity index (χ0n) is 25.6. The zero-order chi connectivity index (χ0) is 27.9. The smallest absolute Gasteiger partial charge is 0.302 e. The molecule has 5 fully saturated rings. The number of esters is 2. The molecule has 0 saturated heterocycles. The van der Waals surface area contributed by atoms with Crippen LogP contribution in [0.15, 0.2) is 12.2 Å². The van der Waals surface area contributed by atoms with Gasteiger partial charge < -0.3 is 9.47 Å². The SMILES string of the molecule is C=C(C)[C@@H]1CC[C@]2(COC(C)=O)CC[C@]3(C)[C@H](CC[C@H]4[C@@]5(C)CC[C@H](OC(C)=O)C(C)(C)[C@@H]5CC[C@]43C)[C@H]12. The molecule has 5 rings (SSSR count). The lowest BCUT2D eigenvalue weighted by atomic mass is 9.32. The van der Waals surface area contributed by atoms with Crippen LogP contribution >= 0.6 is 0 Å². The maximum Gasteiger partial charge on any atom is 0.302 e. The monoisotopic (exact) mass is 526 g/mol. The molecule has 38 heavy (non-hydrogen) atoms. The molecule has 0 amide bonds. The van der Waals surface area contributed by atoms with Crippen LogP contribution in [0.25, 0.3) is 0 Å². The van der Waals surface area contributed by atoms with Gasteiger partial charge in [-0.25, -0.2) is 0 Å². The van der Waals surface area contributed by atoms with Crippen molar-refractivity contribution in [3.05, 3.63) is 12.2 Å². The summed E-state index contributed by atoms with van der Waals surface area (Å²) in [5, 5.41) is 0. The summed E-state index contributed by atoms with van der Waals surface area (Å²) in [6.45, 7) is 23.1. The van der Waals surface area contributed by atoms with Crippen molar-refractivity contribution in [2.75, 3.05) is 6.61 Å². The largest absolute Gasteiger partial charge is 0.465 e. The van der Waals surface area contributed by atoms with Crippen molar-refractivity contribution >= 4 is 11.9 Å². The highest BCUT2D eigenvalue weighted by Crippen LogP contribution is 2.77. The molecule has 10 atom stereocenters. The van der Waals surface area contributed by atoms with Crippen molar-refractivity contribution in [2.45, 2.75) is 126 Å². The van der Waals surface area contributed by atoms with Crippen LogP contribution in [0.5, 0.6) is 0 Å². The fourth-order valence-electron chi connectivity index (χ4n) is 12.2. The van der Waals surface area contributed by atoms with Gasteiger partial charge in [0.1, 0.15) is 6.10 Å².